The molecule has 0 saturated carbocycles. The second-order valence-electron chi connectivity index (χ2n) is 7.34. The zero-order chi connectivity index (χ0) is 24.1. The molecule has 32 heavy (non-hydrogen) atoms. The number of carboxylic acid groups (broad SMARTS) is 3. The van der Waals surface area contributed by atoms with Crippen LogP contribution >= 0.6 is 0 Å². The van der Waals surface area contributed by atoms with Crippen molar-refractivity contribution in [2.45, 2.75) is 24.9 Å². The highest BCUT2D eigenvalue weighted by Gasteiger charge is 2.29. The fourth-order valence-corrected chi connectivity index (χ4v) is 2.63. The number of aliphatic hydroxyl groups is 1. The lowest BCUT2D eigenvalue weighted by atomic mass is 9.96. The highest BCUT2D eigenvalue weighted by molar-refractivity contribution is 5.86. The molecule has 1 N–H and O–H groups in total. The van der Waals surface area contributed by atoms with E-state index in [0.29, 0.717) is 0 Å². The smallest absolute Gasteiger partial charge is 0.122 e. The minimum atomic E-state index is -2.97. The maximum Gasteiger partial charge on any atom is 0.122 e. The van der Waals surface area contributed by atoms with E-state index >= 15 is 0 Å². The monoisotopic (exact) mass is 444 g/mol. The molecular weight excluding hydrogens is 418 g/mol. The molecule has 0 aliphatic carbocycles. The van der Waals surface area contributed by atoms with Crippen molar-refractivity contribution in [2.75, 3.05) is 27.2 Å². The third kappa shape index (κ3) is 10.1. The van der Waals surface area contributed by atoms with Crippen LogP contribution in [-0.4, -0.2) is 60.8 Å². The number of aliphatic carboxylic acids is 3. The maximum absolute atomic E-state index is 10.1. The summed E-state index contributed by atoms with van der Waals surface area (Å²) in [5, 5.41) is 38.9. The van der Waals surface area contributed by atoms with Gasteiger partial charge in [-0.25, -0.2) is 0 Å². The van der Waals surface area contributed by atoms with Crippen LogP contribution in [-0.2, 0) is 20.8 Å². The number of hydrogen-bond acceptors (Lipinski definition) is 9. The number of benzene rings is 2. The van der Waals surface area contributed by atoms with Crippen LogP contribution in [0.3, 0.4) is 0 Å². The summed E-state index contributed by atoms with van der Waals surface area (Å²) in [6.45, 7) is 1.65. The Morgan fingerprint density at radius 1 is 0.906 bits per heavy atom. The molecule has 0 radical (unpaired) electrons. The Kier molecular flexibility index (Phi) is 10.9. The zero-order valence-electron chi connectivity index (χ0n) is 18.0. The number of carboxylic acids is 3. The normalized spacial score (nSPS) is 10.8. The molecule has 9 nitrogen and oxygen atoms in total. The van der Waals surface area contributed by atoms with Crippen LogP contribution in [0.2, 0.25) is 0 Å². The molecule has 0 saturated heterocycles. The summed E-state index contributed by atoms with van der Waals surface area (Å²) in [6, 6.07) is 18.8. The number of rotatable bonds is 11. The molecule has 174 valence electrons. The van der Waals surface area contributed by atoms with Crippen LogP contribution in [0.4, 0.5) is 0 Å². The van der Waals surface area contributed by atoms with E-state index in [2.05, 4.69) is 55.4 Å². The highest BCUT2D eigenvalue weighted by atomic mass is 16.5. The molecule has 0 aliphatic rings. The molecule has 2 rings (SSSR count). The molecule has 0 aliphatic heterocycles. The predicted molar refractivity (Wildman–Crippen MR) is 109 cm³/mol. The van der Waals surface area contributed by atoms with Gasteiger partial charge in [-0.2, -0.15) is 0 Å². The van der Waals surface area contributed by atoms with E-state index in [0.717, 1.165) is 25.3 Å². The van der Waals surface area contributed by atoms with Gasteiger partial charge in [0.2, 0.25) is 0 Å². The van der Waals surface area contributed by atoms with Crippen molar-refractivity contribution in [1.29, 1.82) is 0 Å². The number of ether oxygens (including phenoxy) is 1. The fraction of sp³-hybridized carbons (Fsp3) is 0.348. The van der Waals surface area contributed by atoms with Gasteiger partial charge in [0.15, 0.2) is 0 Å². The van der Waals surface area contributed by atoms with Gasteiger partial charge in [0, 0.05) is 37.7 Å². The second-order valence-corrected chi connectivity index (χ2v) is 7.34. The standard InChI is InChI=1S/C17H21NO.C6H8O7/c1-18(2)12-13-19-17-11-7-6-10-16(17)14-15-8-4-3-5-9-15;7-3(8)1-6(13,5(11)12)2-4(9)10/h3-11H,12-14H2,1-2H3;13H,1-2H2,(H,7,8)(H,9,10)(H,11,12)/p-3. The molecule has 0 heterocycles. The van der Waals surface area contributed by atoms with Crippen LogP contribution in [0.1, 0.15) is 24.0 Å². The lowest BCUT2D eigenvalue weighted by Crippen LogP contribution is -2.54. The molecule has 0 amide bonds. The van der Waals surface area contributed by atoms with Crippen LogP contribution in [0.5, 0.6) is 5.75 Å². The Morgan fingerprint density at radius 2 is 1.44 bits per heavy atom. The largest absolute Gasteiger partial charge is 0.550 e. The first-order chi connectivity index (χ1) is 15.0. The van der Waals surface area contributed by atoms with Crippen molar-refractivity contribution in [3.05, 3.63) is 65.7 Å². The van der Waals surface area contributed by atoms with E-state index in [1.807, 2.05) is 18.2 Å². The Morgan fingerprint density at radius 3 is 1.94 bits per heavy atom. The van der Waals surface area contributed by atoms with Gasteiger partial charge in [-0.1, -0.05) is 48.5 Å². The quantitative estimate of drug-likeness (QED) is 0.413. The van der Waals surface area contributed by atoms with Crippen LogP contribution in [0, 0.1) is 0 Å². The first kappa shape index (κ1) is 26.6. The summed E-state index contributed by atoms with van der Waals surface area (Å²) in [4.78, 5) is 32.1. The van der Waals surface area contributed by atoms with Gasteiger partial charge in [0.1, 0.15) is 18.0 Å². The van der Waals surface area contributed by atoms with Crippen molar-refractivity contribution in [3.63, 3.8) is 0 Å². The van der Waals surface area contributed by atoms with Gasteiger partial charge in [-0.15, -0.1) is 0 Å². The molecule has 0 unspecified atom stereocenters. The Balaban J connectivity index is 0.000000347. The summed E-state index contributed by atoms with van der Waals surface area (Å²) in [5.41, 5.74) is -0.420. The lowest BCUT2D eigenvalue weighted by Gasteiger charge is -2.29. The molecule has 0 atom stereocenters. The number of para-hydroxylation sites is 1. The highest BCUT2D eigenvalue weighted by Crippen LogP contribution is 2.21. The van der Waals surface area contributed by atoms with Crippen LogP contribution in [0.25, 0.3) is 0 Å². The number of carbonyl (C=O) groups is 3. The van der Waals surface area contributed by atoms with Gasteiger partial charge >= 0.3 is 0 Å². The van der Waals surface area contributed by atoms with Gasteiger partial charge < -0.3 is 44.4 Å². The topological polar surface area (TPSA) is 153 Å². The Hall–Kier alpha value is -3.43. The first-order valence-corrected chi connectivity index (χ1v) is 9.76. The van der Waals surface area contributed by atoms with Crippen molar-refractivity contribution in [2.24, 2.45) is 0 Å². The lowest BCUT2D eigenvalue weighted by molar-refractivity contribution is -0.339. The summed E-state index contributed by atoms with van der Waals surface area (Å²) in [7, 11) is 4.11. The number of hydrogen-bond donors (Lipinski definition) is 1. The average Bonchev–Trinajstić information content (AvgIpc) is 2.69. The Bertz CT molecular complexity index is 867. The molecular formula is C23H26NO8-3. The van der Waals surface area contributed by atoms with Crippen LogP contribution in [0.15, 0.2) is 54.6 Å². The fourth-order valence-electron chi connectivity index (χ4n) is 2.63. The number of nitrogens with zero attached hydrogens (tertiary/aromatic N) is 1. The molecule has 2 aromatic rings. The van der Waals surface area contributed by atoms with E-state index in [-0.39, 0.29) is 0 Å². The van der Waals surface area contributed by atoms with E-state index in [9.17, 15) is 29.7 Å². The third-order valence-corrected chi connectivity index (χ3v) is 4.26. The van der Waals surface area contributed by atoms with E-state index in [4.69, 9.17) is 9.84 Å². The van der Waals surface area contributed by atoms with Crippen molar-refractivity contribution >= 4 is 17.9 Å². The minimum Gasteiger partial charge on any atom is -0.550 e. The predicted octanol–water partition coefficient (Wildman–Crippen LogP) is -2.03. The van der Waals surface area contributed by atoms with E-state index in [1.165, 1.54) is 11.1 Å². The zero-order valence-corrected chi connectivity index (χ0v) is 18.0. The third-order valence-electron chi connectivity index (χ3n) is 4.26. The summed E-state index contributed by atoms with van der Waals surface area (Å²) >= 11 is 0. The molecule has 0 fully saturated rings. The first-order valence-electron chi connectivity index (χ1n) is 9.76. The second kappa shape index (κ2) is 13.1. The maximum atomic E-state index is 10.1. The molecule has 0 aromatic heterocycles. The van der Waals surface area contributed by atoms with Crippen molar-refractivity contribution in [1.82, 2.24) is 4.90 Å². The molecule has 2 aromatic carbocycles. The average molecular weight is 444 g/mol. The van der Waals surface area contributed by atoms with Gasteiger partial charge in [0.25, 0.3) is 0 Å². The molecule has 0 bridgehead atoms. The van der Waals surface area contributed by atoms with Crippen molar-refractivity contribution in [3.8, 4) is 5.75 Å². The Labute approximate surface area is 186 Å². The molecule has 9 heteroatoms. The van der Waals surface area contributed by atoms with E-state index in [1.54, 1.807) is 0 Å². The minimum absolute atomic E-state index is 0.721. The summed E-state index contributed by atoms with van der Waals surface area (Å²) in [6.07, 6.45) is -1.80. The summed E-state index contributed by atoms with van der Waals surface area (Å²) < 4.78 is 5.88. The van der Waals surface area contributed by atoms with Gasteiger partial charge in [-0.05, 0) is 31.3 Å². The van der Waals surface area contributed by atoms with Crippen LogP contribution < -0.4 is 20.1 Å². The number of carbonyl (C=O) groups excluding carboxylic acids is 3. The van der Waals surface area contributed by atoms with Crippen molar-refractivity contribution < 1.29 is 39.5 Å². The molecule has 0 spiro atoms. The van der Waals surface area contributed by atoms with Gasteiger partial charge in [-0.3, -0.25) is 0 Å². The summed E-state index contributed by atoms with van der Waals surface area (Å²) in [5.74, 6) is -4.99. The SMILES string of the molecule is CN(C)CCOc1ccccc1Cc1ccccc1.O=C([O-])CC(O)(CC(=O)[O-])C(=O)[O-]. The van der Waals surface area contributed by atoms with Gasteiger partial charge in [0.05, 0.1) is 5.97 Å². The van der Waals surface area contributed by atoms with E-state index < -0.39 is 36.4 Å². The number of likely N-dealkylation sites (N-methyl/N-ethyl adjacent to an activating group) is 1.